The second kappa shape index (κ2) is 6.39. The minimum Gasteiger partial charge on any atom is -0.496 e. The number of methoxy groups -OCH3 is 1. The van der Waals surface area contributed by atoms with E-state index < -0.39 is 0 Å². The number of nitriles is 1. The zero-order valence-electron chi connectivity index (χ0n) is 10.5. The summed E-state index contributed by atoms with van der Waals surface area (Å²) in [7, 11) is 1.62. The van der Waals surface area contributed by atoms with E-state index in [1.54, 1.807) is 25.3 Å². The zero-order valence-corrected chi connectivity index (χ0v) is 10.5. The molecule has 4 heteroatoms. The smallest absolute Gasteiger partial charge is 0.124 e. The third-order valence-corrected chi connectivity index (χ3v) is 2.99. The van der Waals surface area contributed by atoms with Crippen molar-refractivity contribution in [1.29, 1.82) is 5.26 Å². The molecule has 1 aromatic rings. The predicted octanol–water partition coefficient (Wildman–Crippen LogP) is 2.26. The lowest BCUT2D eigenvalue weighted by Gasteiger charge is -2.12. The highest BCUT2D eigenvalue weighted by Gasteiger charge is 2.15. The van der Waals surface area contributed by atoms with Gasteiger partial charge in [0.25, 0.3) is 0 Å². The Labute approximate surface area is 107 Å². The van der Waals surface area contributed by atoms with Crippen LogP contribution in [0.25, 0.3) is 0 Å². The summed E-state index contributed by atoms with van der Waals surface area (Å²) in [5.74, 6) is 0.751. The largest absolute Gasteiger partial charge is 0.496 e. The molecule has 1 saturated heterocycles. The van der Waals surface area contributed by atoms with Gasteiger partial charge in [-0.3, -0.25) is 0 Å². The molecular weight excluding hydrogens is 230 g/mol. The second-order valence-electron chi connectivity index (χ2n) is 4.29. The lowest BCUT2D eigenvalue weighted by Crippen LogP contribution is -2.14. The summed E-state index contributed by atoms with van der Waals surface area (Å²) >= 11 is 0. The van der Waals surface area contributed by atoms with Gasteiger partial charge in [-0.2, -0.15) is 5.26 Å². The number of rotatable bonds is 5. The Kier molecular flexibility index (Phi) is 4.57. The molecule has 1 aliphatic rings. The first kappa shape index (κ1) is 12.9. The first-order chi connectivity index (χ1) is 8.83. The van der Waals surface area contributed by atoms with E-state index in [1.165, 1.54) is 0 Å². The monoisotopic (exact) mass is 247 g/mol. The quantitative estimate of drug-likeness (QED) is 0.800. The lowest BCUT2D eigenvalue weighted by molar-refractivity contribution is 0.0101. The van der Waals surface area contributed by atoms with Crippen molar-refractivity contribution in [2.75, 3.05) is 20.3 Å². The average molecular weight is 247 g/mol. The van der Waals surface area contributed by atoms with Gasteiger partial charge in [-0.25, -0.2) is 0 Å². The molecule has 1 heterocycles. The molecule has 96 valence electrons. The molecule has 0 spiro atoms. The maximum atomic E-state index is 8.87. The minimum atomic E-state index is 0.218. The summed E-state index contributed by atoms with van der Waals surface area (Å²) < 4.78 is 16.4. The number of hydrogen-bond donors (Lipinski definition) is 0. The third kappa shape index (κ3) is 3.22. The maximum Gasteiger partial charge on any atom is 0.124 e. The molecule has 1 unspecified atom stereocenters. The van der Waals surface area contributed by atoms with Gasteiger partial charge in [0.15, 0.2) is 0 Å². The Morgan fingerprint density at radius 3 is 3.06 bits per heavy atom. The van der Waals surface area contributed by atoms with Crippen LogP contribution in [0.15, 0.2) is 18.2 Å². The van der Waals surface area contributed by atoms with Crippen molar-refractivity contribution in [2.24, 2.45) is 0 Å². The molecule has 2 rings (SSSR count). The summed E-state index contributed by atoms with van der Waals surface area (Å²) in [6.45, 7) is 1.87. The highest BCUT2D eigenvalue weighted by molar-refractivity contribution is 5.41. The van der Waals surface area contributed by atoms with Gasteiger partial charge in [0, 0.05) is 12.2 Å². The Bertz CT molecular complexity index is 433. The van der Waals surface area contributed by atoms with Crippen molar-refractivity contribution in [3.05, 3.63) is 29.3 Å². The minimum absolute atomic E-state index is 0.218. The summed E-state index contributed by atoms with van der Waals surface area (Å²) in [6.07, 6.45) is 2.39. The summed E-state index contributed by atoms with van der Waals surface area (Å²) in [5, 5.41) is 8.87. The molecule has 0 N–H and O–H groups in total. The van der Waals surface area contributed by atoms with Crippen molar-refractivity contribution in [3.8, 4) is 11.8 Å². The number of nitrogens with zero attached hydrogens (tertiary/aromatic N) is 1. The number of hydrogen-bond acceptors (Lipinski definition) is 4. The summed E-state index contributed by atoms with van der Waals surface area (Å²) in [6, 6.07) is 7.45. The van der Waals surface area contributed by atoms with Gasteiger partial charge in [0.2, 0.25) is 0 Å². The van der Waals surface area contributed by atoms with Crippen LogP contribution in [-0.4, -0.2) is 26.4 Å². The Hall–Kier alpha value is -1.57. The van der Waals surface area contributed by atoms with Crippen LogP contribution in [0.5, 0.6) is 5.75 Å². The molecule has 0 amide bonds. The van der Waals surface area contributed by atoms with E-state index in [0.717, 1.165) is 30.8 Å². The van der Waals surface area contributed by atoms with Crippen LogP contribution in [0, 0.1) is 11.3 Å². The van der Waals surface area contributed by atoms with Gasteiger partial charge in [-0.15, -0.1) is 0 Å². The molecule has 4 nitrogen and oxygen atoms in total. The molecule has 1 aliphatic heterocycles. The third-order valence-electron chi connectivity index (χ3n) is 2.99. The Morgan fingerprint density at radius 1 is 1.50 bits per heavy atom. The molecule has 1 fully saturated rings. The molecule has 1 aromatic carbocycles. The van der Waals surface area contributed by atoms with Crippen molar-refractivity contribution >= 4 is 0 Å². The standard InChI is InChI=1S/C14H17NO3/c1-16-14-5-4-11(8-15)7-12(14)9-17-10-13-3-2-6-18-13/h4-5,7,13H,2-3,6,9-10H2,1H3. The van der Waals surface area contributed by atoms with Gasteiger partial charge < -0.3 is 14.2 Å². The number of benzene rings is 1. The van der Waals surface area contributed by atoms with Crippen molar-refractivity contribution < 1.29 is 14.2 Å². The van der Waals surface area contributed by atoms with Gasteiger partial charge >= 0.3 is 0 Å². The van der Waals surface area contributed by atoms with Gasteiger partial charge in [0.1, 0.15) is 5.75 Å². The van der Waals surface area contributed by atoms with Crippen LogP contribution in [0.2, 0.25) is 0 Å². The highest BCUT2D eigenvalue weighted by atomic mass is 16.5. The average Bonchev–Trinajstić information content (AvgIpc) is 2.92. The van der Waals surface area contributed by atoms with Crippen molar-refractivity contribution in [2.45, 2.75) is 25.6 Å². The van der Waals surface area contributed by atoms with Gasteiger partial charge in [0.05, 0.1) is 38.1 Å². The Morgan fingerprint density at radius 2 is 2.39 bits per heavy atom. The topological polar surface area (TPSA) is 51.5 Å². The van der Waals surface area contributed by atoms with Crippen LogP contribution in [-0.2, 0) is 16.1 Å². The van der Waals surface area contributed by atoms with Gasteiger partial charge in [-0.05, 0) is 31.0 Å². The van der Waals surface area contributed by atoms with E-state index in [4.69, 9.17) is 19.5 Å². The SMILES string of the molecule is COc1ccc(C#N)cc1COCC1CCCO1. The molecule has 1 atom stereocenters. The van der Waals surface area contributed by atoms with Crippen LogP contribution < -0.4 is 4.74 Å². The fourth-order valence-corrected chi connectivity index (χ4v) is 2.04. The highest BCUT2D eigenvalue weighted by Crippen LogP contribution is 2.21. The summed E-state index contributed by atoms with van der Waals surface area (Å²) in [5.41, 5.74) is 1.51. The molecular formula is C14H17NO3. The fraction of sp³-hybridized carbons (Fsp3) is 0.500. The Balaban J connectivity index is 1.92. The van der Waals surface area contributed by atoms with E-state index in [1.807, 2.05) is 0 Å². The lowest BCUT2D eigenvalue weighted by atomic mass is 10.1. The molecule has 0 saturated carbocycles. The summed E-state index contributed by atoms with van der Waals surface area (Å²) in [4.78, 5) is 0. The normalized spacial score (nSPS) is 18.6. The first-order valence-electron chi connectivity index (χ1n) is 6.10. The molecule has 0 aliphatic carbocycles. The van der Waals surface area contributed by atoms with E-state index >= 15 is 0 Å². The fourth-order valence-electron chi connectivity index (χ4n) is 2.04. The first-order valence-corrected chi connectivity index (χ1v) is 6.10. The van der Waals surface area contributed by atoms with Crippen LogP contribution in [0.3, 0.4) is 0 Å². The van der Waals surface area contributed by atoms with E-state index in [9.17, 15) is 0 Å². The molecule has 18 heavy (non-hydrogen) atoms. The van der Waals surface area contributed by atoms with Crippen molar-refractivity contribution in [3.63, 3.8) is 0 Å². The zero-order chi connectivity index (χ0) is 12.8. The molecule has 0 aromatic heterocycles. The predicted molar refractivity (Wildman–Crippen MR) is 66.3 cm³/mol. The van der Waals surface area contributed by atoms with Crippen LogP contribution in [0.1, 0.15) is 24.0 Å². The van der Waals surface area contributed by atoms with Crippen molar-refractivity contribution in [1.82, 2.24) is 0 Å². The number of ether oxygens (including phenoxy) is 3. The molecule has 0 radical (unpaired) electrons. The van der Waals surface area contributed by atoms with Gasteiger partial charge in [-0.1, -0.05) is 0 Å². The maximum absolute atomic E-state index is 8.87. The van der Waals surface area contributed by atoms with E-state index in [-0.39, 0.29) is 6.10 Å². The van der Waals surface area contributed by atoms with E-state index in [0.29, 0.717) is 18.8 Å². The van der Waals surface area contributed by atoms with E-state index in [2.05, 4.69) is 6.07 Å². The van der Waals surface area contributed by atoms with Crippen LogP contribution in [0.4, 0.5) is 0 Å². The molecule has 0 bridgehead atoms. The second-order valence-corrected chi connectivity index (χ2v) is 4.29. The van der Waals surface area contributed by atoms with Crippen LogP contribution >= 0.6 is 0 Å².